The number of fused-ring (bicyclic) bond motifs is 1. The maximum atomic E-state index is 12.9. The van der Waals surface area contributed by atoms with Crippen molar-refractivity contribution in [2.24, 2.45) is 0 Å². The Balaban J connectivity index is 1.14. The number of alkyl halides is 3. The van der Waals surface area contributed by atoms with Gasteiger partial charge in [-0.2, -0.15) is 18.3 Å². The van der Waals surface area contributed by atoms with Gasteiger partial charge in [0.1, 0.15) is 0 Å². The summed E-state index contributed by atoms with van der Waals surface area (Å²) in [6, 6.07) is 19.8. The number of H-pyrrole nitrogens is 1. The van der Waals surface area contributed by atoms with Crippen LogP contribution in [0.1, 0.15) is 45.9 Å². The molecule has 36 heavy (non-hydrogen) atoms. The fourth-order valence-electron chi connectivity index (χ4n) is 4.51. The molecule has 0 unspecified atom stereocenters. The van der Waals surface area contributed by atoms with Crippen LogP contribution in [0.2, 0.25) is 0 Å². The van der Waals surface area contributed by atoms with Crippen LogP contribution < -0.4 is 10.6 Å². The van der Waals surface area contributed by atoms with Gasteiger partial charge in [-0.25, -0.2) is 0 Å². The van der Waals surface area contributed by atoms with Crippen molar-refractivity contribution in [3.63, 3.8) is 0 Å². The first kappa shape index (κ1) is 23.6. The monoisotopic (exact) mass is 492 g/mol. The largest absolute Gasteiger partial charge is 0.416 e. The lowest BCUT2D eigenvalue weighted by Gasteiger charge is -2.35. The standard InChI is InChI=1S/C27H23F3N4O2/c28-27(29,30)20-9-4-8-18(11-20)26(36)31-21-12-19(13-21)23-15-24(34-33-23)32-25(35)14-17-7-3-6-16-5-1-2-10-22(16)17/h1-11,15,19,21H,12-14H2,(H,31,36)(H2,32,33,34,35)/t19-,21+. The number of hydrogen-bond acceptors (Lipinski definition) is 3. The van der Waals surface area contributed by atoms with E-state index in [1.807, 2.05) is 42.5 Å². The highest BCUT2D eigenvalue weighted by Gasteiger charge is 2.34. The second-order valence-corrected chi connectivity index (χ2v) is 8.99. The molecule has 184 valence electrons. The second kappa shape index (κ2) is 9.49. The number of carbonyl (C=O) groups excluding carboxylic acids is 2. The number of aromatic amines is 1. The average molecular weight is 493 g/mol. The maximum Gasteiger partial charge on any atom is 0.416 e. The molecule has 0 spiro atoms. The van der Waals surface area contributed by atoms with Crippen molar-refractivity contribution in [3.8, 4) is 0 Å². The van der Waals surface area contributed by atoms with Gasteiger partial charge in [-0.3, -0.25) is 14.7 Å². The minimum atomic E-state index is -4.50. The predicted octanol–water partition coefficient (Wildman–Crippen LogP) is 5.44. The fourth-order valence-corrected chi connectivity index (χ4v) is 4.51. The molecule has 9 heteroatoms. The third-order valence-electron chi connectivity index (χ3n) is 6.46. The molecule has 3 N–H and O–H groups in total. The number of benzene rings is 3. The number of anilines is 1. The number of carbonyl (C=O) groups is 2. The molecule has 1 aliphatic carbocycles. The lowest BCUT2D eigenvalue weighted by Crippen LogP contribution is -2.43. The summed E-state index contributed by atoms with van der Waals surface area (Å²) >= 11 is 0. The molecule has 3 aromatic carbocycles. The van der Waals surface area contributed by atoms with Crippen LogP contribution in [0.4, 0.5) is 19.0 Å². The van der Waals surface area contributed by atoms with E-state index in [4.69, 9.17) is 0 Å². The van der Waals surface area contributed by atoms with Crippen molar-refractivity contribution in [1.82, 2.24) is 15.5 Å². The van der Waals surface area contributed by atoms with Crippen molar-refractivity contribution < 1.29 is 22.8 Å². The zero-order chi connectivity index (χ0) is 25.3. The van der Waals surface area contributed by atoms with Crippen LogP contribution in [-0.4, -0.2) is 28.1 Å². The summed E-state index contributed by atoms with van der Waals surface area (Å²) in [6.45, 7) is 0. The average Bonchev–Trinajstić information content (AvgIpc) is 3.28. The van der Waals surface area contributed by atoms with E-state index in [2.05, 4.69) is 20.8 Å². The molecule has 0 bridgehead atoms. The molecule has 0 aliphatic heterocycles. The van der Waals surface area contributed by atoms with Crippen LogP contribution in [0.3, 0.4) is 0 Å². The molecule has 1 saturated carbocycles. The Kier molecular flexibility index (Phi) is 6.22. The summed E-state index contributed by atoms with van der Waals surface area (Å²) in [7, 11) is 0. The third-order valence-corrected chi connectivity index (χ3v) is 6.46. The molecule has 1 heterocycles. The van der Waals surface area contributed by atoms with Crippen LogP contribution in [0.25, 0.3) is 10.8 Å². The lowest BCUT2D eigenvalue weighted by molar-refractivity contribution is -0.137. The first-order valence-corrected chi connectivity index (χ1v) is 11.6. The van der Waals surface area contributed by atoms with Gasteiger partial charge in [0.25, 0.3) is 5.91 Å². The topological polar surface area (TPSA) is 86.9 Å². The van der Waals surface area contributed by atoms with E-state index in [1.165, 1.54) is 12.1 Å². The highest BCUT2D eigenvalue weighted by Crippen LogP contribution is 2.37. The first-order valence-electron chi connectivity index (χ1n) is 11.6. The van der Waals surface area contributed by atoms with E-state index < -0.39 is 17.6 Å². The molecular formula is C27H23F3N4O2. The van der Waals surface area contributed by atoms with E-state index in [1.54, 1.807) is 6.07 Å². The Morgan fingerprint density at radius 2 is 1.72 bits per heavy atom. The maximum absolute atomic E-state index is 12.9. The minimum absolute atomic E-state index is 0.0222. The van der Waals surface area contributed by atoms with E-state index in [9.17, 15) is 22.8 Å². The Labute approximate surface area is 204 Å². The van der Waals surface area contributed by atoms with E-state index in [-0.39, 0.29) is 29.9 Å². The summed E-state index contributed by atoms with van der Waals surface area (Å²) in [6.07, 6.45) is -3.04. The Hall–Kier alpha value is -4.14. The summed E-state index contributed by atoms with van der Waals surface area (Å²) < 4.78 is 38.7. The molecule has 2 amide bonds. The minimum Gasteiger partial charge on any atom is -0.349 e. The van der Waals surface area contributed by atoms with Crippen LogP contribution in [-0.2, 0) is 17.4 Å². The van der Waals surface area contributed by atoms with E-state index in [0.29, 0.717) is 18.7 Å². The smallest absolute Gasteiger partial charge is 0.349 e. The zero-order valence-corrected chi connectivity index (χ0v) is 19.1. The normalized spacial score (nSPS) is 17.4. The van der Waals surface area contributed by atoms with Gasteiger partial charge in [-0.15, -0.1) is 0 Å². The van der Waals surface area contributed by atoms with Gasteiger partial charge in [0.2, 0.25) is 5.91 Å². The van der Waals surface area contributed by atoms with Crippen LogP contribution >= 0.6 is 0 Å². The number of halogens is 3. The molecule has 1 aromatic heterocycles. The summed E-state index contributed by atoms with van der Waals surface area (Å²) in [5, 5.41) is 14.8. The number of amides is 2. The van der Waals surface area contributed by atoms with Gasteiger partial charge in [-0.1, -0.05) is 48.5 Å². The fraction of sp³-hybridized carbons (Fsp3) is 0.222. The van der Waals surface area contributed by atoms with Gasteiger partial charge in [0, 0.05) is 29.3 Å². The van der Waals surface area contributed by atoms with Crippen LogP contribution in [0, 0.1) is 0 Å². The highest BCUT2D eigenvalue weighted by molar-refractivity contribution is 5.96. The van der Waals surface area contributed by atoms with Gasteiger partial charge in [0.05, 0.1) is 12.0 Å². The SMILES string of the molecule is O=C(Cc1cccc2ccccc12)Nc1cc([C@H]2C[C@@H](NC(=O)c3cccc(C(F)(F)F)c3)C2)[nH]n1. The molecule has 1 aliphatic rings. The van der Waals surface area contributed by atoms with Crippen LogP contribution in [0.5, 0.6) is 0 Å². The lowest BCUT2D eigenvalue weighted by atomic mass is 9.78. The summed E-state index contributed by atoms with van der Waals surface area (Å²) in [5.74, 6) is -0.181. The predicted molar refractivity (Wildman–Crippen MR) is 130 cm³/mol. The van der Waals surface area contributed by atoms with Crippen molar-refractivity contribution >= 4 is 28.4 Å². The Morgan fingerprint density at radius 3 is 2.53 bits per heavy atom. The van der Waals surface area contributed by atoms with Crippen molar-refractivity contribution in [1.29, 1.82) is 0 Å². The number of nitrogens with one attached hydrogen (secondary N) is 3. The molecule has 4 aromatic rings. The first-order chi connectivity index (χ1) is 17.3. The highest BCUT2D eigenvalue weighted by atomic mass is 19.4. The molecule has 0 atom stereocenters. The van der Waals surface area contributed by atoms with Gasteiger partial charge < -0.3 is 10.6 Å². The molecule has 6 nitrogen and oxygen atoms in total. The van der Waals surface area contributed by atoms with Crippen molar-refractivity contribution in [2.45, 2.75) is 37.4 Å². The van der Waals surface area contributed by atoms with Gasteiger partial charge >= 0.3 is 6.18 Å². The molecule has 0 saturated heterocycles. The molecular weight excluding hydrogens is 469 g/mol. The number of rotatable bonds is 6. The third kappa shape index (κ3) is 5.10. The molecule has 0 radical (unpaired) electrons. The molecule has 1 fully saturated rings. The van der Waals surface area contributed by atoms with Gasteiger partial charge in [0.15, 0.2) is 5.82 Å². The quantitative estimate of drug-likeness (QED) is 0.335. The van der Waals surface area contributed by atoms with Crippen molar-refractivity contribution in [2.75, 3.05) is 5.32 Å². The van der Waals surface area contributed by atoms with E-state index >= 15 is 0 Å². The Morgan fingerprint density at radius 1 is 0.972 bits per heavy atom. The van der Waals surface area contributed by atoms with Crippen LogP contribution in [0.15, 0.2) is 72.8 Å². The Bertz CT molecular complexity index is 1420. The second-order valence-electron chi connectivity index (χ2n) is 8.99. The number of nitrogens with zero attached hydrogens (tertiary/aromatic N) is 1. The zero-order valence-electron chi connectivity index (χ0n) is 19.1. The number of hydrogen-bond donors (Lipinski definition) is 3. The summed E-state index contributed by atoms with van der Waals surface area (Å²) in [4.78, 5) is 25.0. The van der Waals surface area contributed by atoms with Crippen molar-refractivity contribution in [3.05, 3.63) is 95.2 Å². The van der Waals surface area contributed by atoms with E-state index in [0.717, 1.165) is 34.2 Å². The van der Waals surface area contributed by atoms with Gasteiger partial charge in [-0.05, 0) is 47.4 Å². The molecule has 5 rings (SSSR count). The summed E-state index contributed by atoms with van der Waals surface area (Å²) in [5.41, 5.74) is 0.889. The number of aromatic nitrogens is 2.